The van der Waals surface area contributed by atoms with Crippen LogP contribution >= 0.6 is 0 Å². The Morgan fingerprint density at radius 2 is 1.17 bits per heavy atom. The van der Waals surface area contributed by atoms with Crippen molar-refractivity contribution in [2.24, 2.45) is 0 Å². The van der Waals surface area contributed by atoms with E-state index in [4.69, 9.17) is 4.65 Å². The normalized spacial score (nSPS) is 13.1. The van der Waals surface area contributed by atoms with E-state index in [1.165, 1.54) is 59.8 Å². The van der Waals surface area contributed by atoms with E-state index in [1.54, 1.807) is 0 Å². The molecule has 0 saturated heterocycles. The molecule has 0 fully saturated rings. The molecular weight excluding hydrogens is 583 g/mol. The van der Waals surface area contributed by atoms with Crippen molar-refractivity contribution < 1.29 is 4.65 Å². The average Bonchev–Trinajstić information content (AvgIpc) is 3.49. The Kier molecular flexibility index (Phi) is 5.19. The Bertz CT molecular complexity index is 2780. The molecule has 0 bridgehead atoms. The molecule has 48 heavy (non-hydrogen) atoms. The van der Waals surface area contributed by atoms with Crippen LogP contribution < -0.4 is 20.5 Å². The summed E-state index contributed by atoms with van der Waals surface area (Å²) in [6.07, 6.45) is 0. The minimum Gasteiger partial charge on any atom is -0.551 e. The molecule has 2 aliphatic rings. The Morgan fingerprint density at radius 3 is 2.06 bits per heavy atom. The summed E-state index contributed by atoms with van der Waals surface area (Å²) in [5.41, 5.74) is 11.8. The molecule has 4 heteroatoms. The van der Waals surface area contributed by atoms with Crippen molar-refractivity contribution in [3.05, 3.63) is 164 Å². The Labute approximate surface area is 278 Å². The van der Waals surface area contributed by atoms with Crippen molar-refractivity contribution in [3.8, 4) is 22.6 Å². The summed E-state index contributed by atoms with van der Waals surface area (Å²) < 4.78 is 9.62. The number of fused-ring (bicyclic) bond motifs is 11. The van der Waals surface area contributed by atoms with Gasteiger partial charge in [-0.1, -0.05) is 115 Å². The highest BCUT2D eigenvalue weighted by molar-refractivity contribution is 6.87. The Morgan fingerprint density at radius 1 is 0.458 bits per heavy atom. The molecule has 0 amide bonds. The van der Waals surface area contributed by atoms with E-state index in [2.05, 4.69) is 173 Å². The SMILES string of the molecule is c1ccc(-n2c3ccccc3c3cc4c5c(c32)-c2ccccc2OB5c2c(ccc3ccccc23)N4c2ccc3ccccc3c2)cc1. The van der Waals surface area contributed by atoms with Crippen LogP contribution in [0.1, 0.15) is 0 Å². The first-order chi connectivity index (χ1) is 23.8. The number of hydrogen-bond donors (Lipinski definition) is 0. The van der Waals surface area contributed by atoms with Crippen LogP contribution in [0.15, 0.2) is 164 Å². The van der Waals surface area contributed by atoms with E-state index in [1.807, 2.05) is 0 Å². The van der Waals surface area contributed by atoms with E-state index in [0.29, 0.717) is 0 Å². The second kappa shape index (κ2) is 9.63. The van der Waals surface area contributed by atoms with Crippen molar-refractivity contribution >= 4 is 78.3 Å². The lowest BCUT2D eigenvalue weighted by Gasteiger charge is -2.40. The van der Waals surface area contributed by atoms with E-state index in [-0.39, 0.29) is 6.92 Å². The third-order valence-corrected chi connectivity index (χ3v) is 10.3. The van der Waals surface area contributed by atoms with Crippen LogP contribution in [0, 0.1) is 0 Å². The van der Waals surface area contributed by atoms with Gasteiger partial charge in [0.25, 0.3) is 0 Å². The zero-order valence-corrected chi connectivity index (χ0v) is 26.0. The quantitative estimate of drug-likeness (QED) is 0.181. The third-order valence-electron chi connectivity index (χ3n) is 10.3. The average molecular weight is 611 g/mol. The summed E-state index contributed by atoms with van der Waals surface area (Å²) in [5, 5.41) is 7.34. The summed E-state index contributed by atoms with van der Waals surface area (Å²) >= 11 is 0. The molecule has 0 N–H and O–H groups in total. The summed E-state index contributed by atoms with van der Waals surface area (Å²) in [6.45, 7) is -0.283. The van der Waals surface area contributed by atoms with Crippen LogP contribution in [0.3, 0.4) is 0 Å². The highest BCUT2D eigenvalue weighted by atomic mass is 16.4. The van der Waals surface area contributed by atoms with Crippen molar-refractivity contribution in [2.75, 3.05) is 4.90 Å². The Balaban J connectivity index is 1.36. The first-order valence-corrected chi connectivity index (χ1v) is 16.6. The number of benzene rings is 8. The molecular formula is C44H27BN2O. The van der Waals surface area contributed by atoms with Crippen molar-refractivity contribution in [1.29, 1.82) is 0 Å². The zero-order valence-electron chi connectivity index (χ0n) is 26.0. The molecule has 0 atom stereocenters. The van der Waals surface area contributed by atoms with Crippen molar-refractivity contribution in [1.82, 2.24) is 4.57 Å². The van der Waals surface area contributed by atoms with Gasteiger partial charge in [-0.3, -0.25) is 0 Å². The molecule has 3 nitrogen and oxygen atoms in total. The molecule has 11 rings (SSSR count). The fourth-order valence-electron chi connectivity index (χ4n) is 8.34. The molecule has 9 aromatic rings. The van der Waals surface area contributed by atoms with Gasteiger partial charge in [0, 0.05) is 55.6 Å². The number of nitrogens with zero attached hydrogens (tertiary/aromatic N) is 2. The van der Waals surface area contributed by atoms with Gasteiger partial charge in [-0.25, -0.2) is 0 Å². The topological polar surface area (TPSA) is 17.4 Å². The number of hydrogen-bond acceptors (Lipinski definition) is 2. The highest BCUT2D eigenvalue weighted by Gasteiger charge is 2.45. The smallest absolute Gasteiger partial charge is 0.432 e. The summed E-state index contributed by atoms with van der Waals surface area (Å²) in [4.78, 5) is 2.48. The second-order valence-corrected chi connectivity index (χ2v) is 12.8. The third kappa shape index (κ3) is 3.44. The highest BCUT2D eigenvalue weighted by Crippen LogP contribution is 2.49. The van der Waals surface area contributed by atoms with Gasteiger partial charge >= 0.3 is 6.92 Å². The molecule has 0 spiro atoms. The van der Waals surface area contributed by atoms with E-state index in [0.717, 1.165) is 34.1 Å². The summed E-state index contributed by atoms with van der Waals surface area (Å²) in [6, 6.07) is 59.3. The second-order valence-electron chi connectivity index (χ2n) is 12.8. The van der Waals surface area contributed by atoms with E-state index in [9.17, 15) is 0 Å². The number of rotatable bonds is 2. The van der Waals surface area contributed by atoms with Gasteiger partial charge in [-0.15, -0.1) is 0 Å². The van der Waals surface area contributed by atoms with E-state index >= 15 is 0 Å². The lowest BCUT2D eigenvalue weighted by atomic mass is 9.48. The van der Waals surface area contributed by atoms with E-state index < -0.39 is 0 Å². The summed E-state index contributed by atoms with van der Waals surface area (Å²) in [5.74, 6) is 0.913. The van der Waals surface area contributed by atoms with Crippen LogP contribution in [-0.2, 0) is 0 Å². The first kappa shape index (κ1) is 25.9. The number of aromatic nitrogens is 1. The van der Waals surface area contributed by atoms with Gasteiger partial charge in [-0.2, -0.15) is 0 Å². The molecule has 8 aromatic carbocycles. The fourth-order valence-corrected chi connectivity index (χ4v) is 8.34. The largest absolute Gasteiger partial charge is 0.551 e. The number of para-hydroxylation sites is 3. The van der Waals surface area contributed by atoms with Gasteiger partial charge < -0.3 is 14.1 Å². The zero-order chi connectivity index (χ0) is 31.3. The van der Waals surface area contributed by atoms with Crippen molar-refractivity contribution in [3.63, 3.8) is 0 Å². The molecule has 1 aromatic heterocycles. The maximum Gasteiger partial charge on any atom is 0.432 e. The predicted molar refractivity (Wildman–Crippen MR) is 202 cm³/mol. The lowest BCUT2D eigenvalue weighted by Crippen LogP contribution is -2.56. The van der Waals surface area contributed by atoms with Crippen LogP contribution in [0.25, 0.3) is 60.2 Å². The van der Waals surface area contributed by atoms with Gasteiger partial charge in [0.15, 0.2) is 0 Å². The standard InChI is InChI=1S/C44H27BN2O/c1-2-15-31(16-3-1)47-37-20-10-8-18-34(37)36-27-39-43-41(44(36)47)35-19-9-11-21-40(35)48-45(43)42-33-17-7-6-13-29(33)23-25-38(42)46(39)32-24-22-28-12-4-5-14-30(28)26-32/h1-27H. The van der Waals surface area contributed by atoms with Gasteiger partial charge in [0.1, 0.15) is 5.75 Å². The number of anilines is 3. The first-order valence-electron chi connectivity index (χ1n) is 16.6. The van der Waals surface area contributed by atoms with Crippen LogP contribution in [0.4, 0.5) is 17.1 Å². The molecule has 0 unspecified atom stereocenters. The predicted octanol–water partition coefficient (Wildman–Crippen LogP) is 10.0. The fraction of sp³-hybridized carbons (Fsp3) is 0. The minimum atomic E-state index is -0.283. The molecule has 0 saturated carbocycles. The summed E-state index contributed by atoms with van der Waals surface area (Å²) in [7, 11) is 0. The van der Waals surface area contributed by atoms with Crippen LogP contribution in [-0.4, -0.2) is 11.5 Å². The maximum absolute atomic E-state index is 7.16. The molecule has 0 radical (unpaired) electrons. The maximum atomic E-state index is 7.16. The van der Waals surface area contributed by atoms with Gasteiger partial charge in [0.2, 0.25) is 0 Å². The van der Waals surface area contributed by atoms with Crippen LogP contribution in [0.2, 0.25) is 0 Å². The van der Waals surface area contributed by atoms with Crippen LogP contribution in [0.5, 0.6) is 5.75 Å². The monoisotopic (exact) mass is 610 g/mol. The molecule has 2 aliphatic heterocycles. The van der Waals surface area contributed by atoms with Crippen molar-refractivity contribution in [2.45, 2.75) is 0 Å². The molecule has 0 aliphatic carbocycles. The molecule has 3 heterocycles. The Hall–Kier alpha value is -6.26. The minimum absolute atomic E-state index is 0.283. The van der Waals surface area contributed by atoms with Gasteiger partial charge in [-0.05, 0) is 70.1 Å². The van der Waals surface area contributed by atoms with Gasteiger partial charge in [0.05, 0.1) is 11.0 Å². The molecule has 222 valence electrons. The lowest BCUT2D eigenvalue weighted by molar-refractivity contribution is 0.590.